The third-order valence-corrected chi connectivity index (χ3v) is 4.79. The second kappa shape index (κ2) is 6.63. The van der Waals surface area contributed by atoms with Gasteiger partial charge in [-0.3, -0.25) is 0 Å². The van der Waals surface area contributed by atoms with E-state index in [4.69, 9.17) is 0 Å². The smallest absolute Gasteiger partial charge is 0.0331 e. The fourth-order valence-electron chi connectivity index (χ4n) is 2.49. The molecule has 0 bridgehead atoms. The quantitative estimate of drug-likeness (QED) is 0.842. The Morgan fingerprint density at radius 1 is 1.39 bits per heavy atom. The standard InChI is InChI=1S/C16H25NS/c1-4-9-17-15-6-5-10-18-16-8-7-13(12(2)3)11-14(15)16/h7-8,11-12,15,17H,4-6,9-10H2,1-3H3. The van der Waals surface area contributed by atoms with Gasteiger partial charge < -0.3 is 5.32 Å². The van der Waals surface area contributed by atoms with Crippen LogP contribution in [0.5, 0.6) is 0 Å². The molecule has 0 amide bonds. The van der Waals surface area contributed by atoms with E-state index in [1.807, 2.05) is 11.8 Å². The van der Waals surface area contributed by atoms with Crippen molar-refractivity contribution in [1.82, 2.24) is 5.32 Å². The Morgan fingerprint density at radius 3 is 2.94 bits per heavy atom. The maximum absolute atomic E-state index is 3.72. The predicted molar refractivity (Wildman–Crippen MR) is 81.5 cm³/mol. The van der Waals surface area contributed by atoms with Gasteiger partial charge in [0.05, 0.1) is 0 Å². The Balaban J connectivity index is 2.28. The summed E-state index contributed by atoms with van der Waals surface area (Å²) in [7, 11) is 0. The number of thioether (sulfide) groups is 1. The topological polar surface area (TPSA) is 12.0 Å². The van der Waals surface area contributed by atoms with Gasteiger partial charge >= 0.3 is 0 Å². The highest BCUT2D eigenvalue weighted by Crippen LogP contribution is 2.36. The molecule has 1 N–H and O–H groups in total. The number of nitrogens with one attached hydrogen (secondary N) is 1. The van der Waals surface area contributed by atoms with Crippen molar-refractivity contribution in [3.8, 4) is 0 Å². The molecule has 1 unspecified atom stereocenters. The third kappa shape index (κ3) is 3.30. The average molecular weight is 263 g/mol. The Kier molecular flexibility index (Phi) is 5.13. The molecule has 0 aromatic heterocycles. The molecule has 2 heteroatoms. The minimum atomic E-state index is 0.564. The van der Waals surface area contributed by atoms with Gasteiger partial charge in [0.2, 0.25) is 0 Å². The van der Waals surface area contributed by atoms with Gasteiger partial charge in [-0.1, -0.05) is 32.9 Å². The van der Waals surface area contributed by atoms with Crippen molar-refractivity contribution in [3.63, 3.8) is 0 Å². The normalized spacial score (nSPS) is 19.7. The third-order valence-electron chi connectivity index (χ3n) is 3.61. The van der Waals surface area contributed by atoms with Crippen molar-refractivity contribution in [2.45, 2.75) is 56.9 Å². The average Bonchev–Trinajstić information content (AvgIpc) is 2.57. The molecule has 1 aliphatic rings. The summed E-state index contributed by atoms with van der Waals surface area (Å²) in [5, 5.41) is 3.72. The summed E-state index contributed by atoms with van der Waals surface area (Å²) in [5.41, 5.74) is 3.01. The van der Waals surface area contributed by atoms with Crippen molar-refractivity contribution in [2.24, 2.45) is 0 Å². The number of benzene rings is 1. The van der Waals surface area contributed by atoms with Gasteiger partial charge in [-0.25, -0.2) is 0 Å². The van der Waals surface area contributed by atoms with Gasteiger partial charge in [0, 0.05) is 10.9 Å². The van der Waals surface area contributed by atoms with Gasteiger partial charge in [0.15, 0.2) is 0 Å². The van der Waals surface area contributed by atoms with Crippen LogP contribution in [0.15, 0.2) is 23.1 Å². The van der Waals surface area contributed by atoms with E-state index in [0.29, 0.717) is 12.0 Å². The molecular weight excluding hydrogens is 238 g/mol. The highest BCUT2D eigenvalue weighted by atomic mass is 32.2. The van der Waals surface area contributed by atoms with Gasteiger partial charge in [0.1, 0.15) is 0 Å². The van der Waals surface area contributed by atoms with Crippen LogP contribution in [0.3, 0.4) is 0 Å². The first-order chi connectivity index (χ1) is 8.72. The highest BCUT2D eigenvalue weighted by molar-refractivity contribution is 7.99. The van der Waals surface area contributed by atoms with Crippen molar-refractivity contribution in [3.05, 3.63) is 29.3 Å². The zero-order chi connectivity index (χ0) is 13.0. The van der Waals surface area contributed by atoms with Crippen molar-refractivity contribution in [2.75, 3.05) is 12.3 Å². The second-order valence-electron chi connectivity index (χ2n) is 5.45. The Bertz CT molecular complexity index is 387. The van der Waals surface area contributed by atoms with Crippen LogP contribution < -0.4 is 5.32 Å². The first-order valence-electron chi connectivity index (χ1n) is 7.22. The maximum Gasteiger partial charge on any atom is 0.0331 e. The molecule has 0 radical (unpaired) electrons. The Morgan fingerprint density at radius 2 is 2.22 bits per heavy atom. The lowest BCUT2D eigenvalue weighted by molar-refractivity contribution is 0.492. The summed E-state index contributed by atoms with van der Waals surface area (Å²) in [4.78, 5) is 1.49. The molecule has 1 atom stereocenters. The minimum Gasteiger partial charge on any atom is -0.310 e. The molecule has 0 spiro atoms. The zero-order valence-electron chi connectivity index (χ0n) is 11.8. The maximum atomic E-state index is 3.72. The molecule has 100 valence electrons. The summed E-state index contributed by atoms with van der Waals surface area (Å²) in [5.74, 6) is 1.88. The van der Waals surface area contributed by atoms with Crippen LogP contribution in [-0.2, 0) is 0 Å². The van der Waals surface area contributed by atoms with Gasteiger partial charge in [-0.2, -0.15) is 0 Å². The molecule has 2 rings (SSSR count). The monoisotopic (exact) mass is 263 g/mol. The molecule has 1 nitrogen and oxygen atoms in total. The molecule has 0 aliphatic carbocycles. The number of hydrogen-bond acceptors (Lipinski definition) is 2. The summed E-state index contributed by atoms with van der Waals surface area (Å²) in [6, 6.07) is 7.64. The SMILES string of the molecule is CCCNC1CCCSc2ccc(C(C)C)cc21. The van der Waals surface area contributed by atoms with Gasteiger partial charge in [-0.05, 0) is 54.7 Å². The van der Waals surface area contributed by atoms with E-state index in [2.05, 4.69) is 44.3 Å². The summed E-state index contributed by atoms with van der Waals surface area (Å²) in [6.45, 7) is 7.92. The summed E-state index contributed by atoms with van der Waals surface area (Å²) < 4.78 is 0. The molecule has 0 fully saturated rings. The lowest BCUT2D eigenvalue weighted by atomic mass is 9.95. The molecule has 1 aromatic rings. The zero-order valence-corrected chi connectivity index (χ0v) is 12.6. The van der Waals surface area contributed by atoms with Crippen molar-refractivity contribution < 1.29 is 0 Å². The van der Waals surface area contributed by atoms with Crippen molar-refractivity contribution >= 4 is 11.8 Å². The molecule has 0 saturated carbocycles. The van der Waals surface area contributed by atoms with E-state index >= 15 is 0 Å². The molecule has 1 heterocycles. The predicted octanol–water partition coefficient (Wildman–Crippen LogP) is 4.74. The first-order valence-corrected chi connectivity index (χ1v) is 8.21. The van der Waals surface area contributed by atoms with Crippen LogP contribution in [0.25, 0.3) is 0 Å². The van der Waals surface area contributed by atoms with E-state index in [-0.39, 0.29) is 0 Å². The lowest BCUT2D eigenvalue weighted by Crippen LogP contribution is -2.22. The number of hydrogen-bond donors (Lipinski definition) is 1. The molecule has 1 aliphatic heterocycles. The Hall–Kier alpha value is -0.470. The molecular formula is C16H25NS. The minimum absolute atomic E-state index is 0.564. The summed E-state index contributed by atoms with van der Waals surface area (Å²) >= 11 is 2.03. The van der Waals surface area contributed by atoms with E-state index in [0.717, 1.165) is 6.54 Å². The fraction of sp³-hybridized carbons (Fsp3) is 0.625. The van der Waals surface area contributed by atoms with Crippen LogP contribution in [0, 0.1) is 0 Å². The van der Waals surface area contributed by atoms with Crippen LogP contribution in [-0.4, -0.2) is 12.3 Å². The van der Waals surface area contributed by atoms with Crippen molar-refractivity contribution in [1.29, 1.82) is 0 Å². The highest BCUT2D eigenvalue weighted by Gasteiger charge is 2.19. The Labute approximate surface area is 116 Å². The number of fused-ring (bicyclic) bond motifs is 1. The lowest BCUT2D eigenvalue weighted by Gasteiger charge is -2.20. The van der Waals surface area contributed by atoms with E-state index in [1.165, 1.54) is 41.0 Å². The number of rotatable bonds is 4. The first kappa shape index (κ1) is 14.0. The van der Waals surface area contributed by atoms with Gasteiger partial charge in [0.25, 0.3) is 0 Å². The molecule has 1 aromatic carbocycles. The molecule has 18 heavy (non-hydrogen) atoms. The van der Waals surface area contributed by atoms with Crippen LogP contribution >= 0.6 is 11.8 Å². The van der Waals surface area contributed by atoms with E-state index in [9.17, 15) is 0 Å². The van der Waals surface area contributed by atoms with E-state index < -0.39 is 0 Å². The second-order valence-corrected chi connectivity index (χ2v) is 6.59. The van der Waals surface area contributed by atoms with Crippen LogP contribution in [0.1, 0.15) is 63.1 Å². The van der Waals surface area contributed by atoms with Gasteiger partial charge in [-0.15, -0.1) is 11.8 Å². The summed E-state index contributed by atoms with van der Waals surface area (Å²) in [6.07, 6.45) is 3.81. The fourth-order valence-corrected chi connectivity index (χ4v) is 3.55. The van der Waals surface area contributed by atoms with Crippen LogP contribution in [0.4, 0.5) is 0 Å². The van der Waals surface area contributed by atoms with Crippen LogP contribution in [0.2, 0.25) is 0 Å². The largest absolute Gasteiger partial charge is 0.310 e. The molecule has 0 saturated heterocycles. The van der Waals surface area contributed by atoms with E-state index in [1.54, 1.807) is 0 Å².